The first-order chi connectivity index (χ1) is 10.2. The summed E-state index contributed by atoms with van der Waals surface area (Å²) in [5.41, 5.74) is 0.955. The minimum atomic E-state index is -0.360. The van der Waals surface area contributed by atoms with Crippen LogP contribution in [-0.2, 0) is 0 Å². The van der Waals surface area contributed by atoms with Gasteiger partial charge >= 0.3 is 0 Å². The number of aromatic amines is 1. The van der Waals surface area contributed by atoms with Crippen LogP contribution in [0.4, 0.5) is 4.39 Å². The minimum absolute atomic E-state index is 0.181. The number of piperidine rings is 3. The molecule has 1 aromatic carbocycles. The lowest BCUT2D eigenvalue weighted by molar-refractivity contribution is 0.0618. The maximum absolute atomic E-state index is 13.4. The molecule has 5 rings (SSSR count). The molecule has 1 amide bonds. The highest BCUT2D eigenvalue weighted by Gasteiger charge is 2.35. The largest absolute Gasteiger partial charge is 0.346 e. The maximum atomic E-state index is 13.4. The zero-order valence-corrected chi connectivity index (χ0v) is 11.6. The fourth-order valence-corrected chi connectivity index (χ4v) is 3.52. The molecule has 1 atom stereocenters. The summed E-state index contributed by atoms with van der Waals surface area (Å²) in [6.45, 7) is 3.17. The van der Waals surface area contributed by atoms with E-state index in [0.717, 1.165) is 32.5 Å². The predicted octanol–water partition coefficient (Wildman–Crippen LogP) is 1.53. The number of halogens is 1. The molecule has 0 spiro atoms. The van der Waals surface area contributed by atoms with Gasteiger partial charge in [0, 0.05) is 18.0 Å². The van der Waals surface area contributed by atoms with E-state index in [-0.39, 0.29) is 23.5 Å². The van der Waals surface area contributed by atoms with Crippen molar-refractivity contribution in [1.29, 1.82) is 0 Å². The summed E-state index contributed by atoms with van der Waals surface area (Å²) >= 11 is 0. The van der Waals surface area contributed by atoms with Crippen LogP contribution in [0, 0.1) is 11.7 Å². The van der Waals surface area contributed by atoms with Crippen LogP contribution in [0.2, 0.25) is 0 Å². The normalized spacial score (nSPS) is 28.0. The molecule has 0 aliphatic carbocycles. The van der Waals surface area contributed by atoms with E-state index in [9.17, 15) is 9.18 Å². The van der Waals surface area contributed by atoms with E-state index in [2.05, 4.69) is 20.4 Å². The third-order valence-electron chi connectivity index (χ3n) is 4.71. The van der Waals surface area contributed by atoms with Gasteiger partial charge in [0.05, 0.1) is 5.52 Å². The lowest BCUT2D eigenvalue weighted by atomic mass is 9.84. The number of fused-ring (bicyclic) bond motifs is 4. The van der Waals surface area contributed by atoms with Crippen molar-refractivity contribution < 1.29 is 9.18 Å². The molecule has 3 aliphatic rings. The summed E-state index contributed by atoms with van der Waals surface area (Å²) in [5, 5.41) is 10.4. The van der Waals surface area contributed by atoms with Gasteiger partial charge in [-0.25, -0.2) is 4.39 Å². The Hall–Kier alpha value is -1.95. The van der Waals surface area contributed by atoms with Crippen LogP contribution in [-0.4, -0.2) is 46.7 Å². The van der Waals surface area contributed by atoms with Crippen LogP contribution < -0.4 is 5.32 Å². The Bertz CT molecular complexity index is 690. The fraction of sp³-hybridized carbons (Fsp3) is 0.467. The topological polar surface area (TPSA) is 61.0 Å². The van der Waals surface area contributed by atoms with Gasteiger partial charge in [-0.3, -0.25) is 9.89 Å². The molecular weight excluding hydrogens is 271 g/mol. The van der Waals surface area contributed by atoms with Crippen molar-refractivity contribution in [3.8, 4) is 0 Å². The van der Waals surface area contributed by atoms with Crippen molar-refractivity contribution >= 4 is 16.8 Å². The summed E-state index contributed by atoms with van der Waals surface area (Å²) < 4.78 is 13.4. The second-order valence-corrected chi connectivity index (χ2v) is 5.98. The molecule has 3 aliphatic heterocycles. The number of carbonyl (C=O) groups is 1. The van der Waals surface area contributed by atoms with Crippen molar-refractivity contribution in [1.82, 2.24) is 20.4 Å². The van der Waals surface area contributed by atoms with Gasteiger partial charge in [-0.05, 0) is 50.0 Å². The Morgan fingerprint density at radius 1 is 1.38 bits per heavy atom. The number of carbonyl (C=O) groups excluding carboxylic acids is 1. The van der Waals surface area contributed by atoms with Crippen molar-refractivity contribution in [2.75, 3.05) is 19.6 Å². The molecule has 2 aromatic rings. The second-order valence-electron chi connectivity index (χ2n) is 5.98. The summed E-state index contributed by atoms with van der Waals surface area (Å²) in [5.74, 6) is -0.0210. The van der Waals surface area contributed by atoms with Crippen LogP contribution in [0.3, 0.4) is 0 Å². The number of hydrogen-bond donors (Lipinski definition) is 2. The summed E-state index contributed by atoms with van der Waals surface area (Å²) in [4.78, 5) is 14.8. The molecule has 6 heteroatoms. The van der Waals surface area contributed by atoms with Gasteiger partial charge in [-0.15, -0.1) is 0 Å². The molecule has 110 valence electrons. The molecule has 5 nitrogen and oxygen atoms in total. The molecule has 0 radical (unpaired) electrons. The van der Waals surface area contributed by atoms with Gasteiger partial charge < -0.3 is 10.2 Å². The van der Waals surface area contributed by atoms with E-state index >= 15 is 0 Å². The smallest absolute Gasteiger partial charge is 0.272 e. The molecule has 3 saturated heterocycles. The first-order valence-corrected chi connectivity index (χ1v) is 7.37. The molecule has 4 heterocycles. The zero-order valence-electron chi connectivity index (χ0n) is 11.6. The van der Waals surface area contributed by atoms with Crippen molar-refractivity contribution in [2.45, 2.75) is 18.9 Å². The van der Waals surface area contributed by atoms with Gasteiger partial charge in [0.1, 0.15) is 5.82 Å². The Morgan fingerprint density at radius 3 is 2.90 bits per heavy atom. The van der Waals surface area contributed by atoms with Gasteiger partial charge in [0.2, 0.25) is 0 Å². The van der Waals surface area contributed by atoms with Gasteiger partial charge in [0.15, 0.2) is 5.69 Å². The highest BCUT2D eigenvalue weighted by molar-refractivity contribution is 6.04. The minimum Gasteiger partial charge on any atom is -0.346 e. The third-order valence-corrected chi connectivity index (χ3v) is 4.71. The van der Waals surface area contributed by atoms with E-state index in [0.29, 0.717) is 16.8 Å². The molecule has 2 N–H and O–H groups in total. The van der Waals surface area contributed by atoms with E-state index in [1.165, 1.54) is 12.1 Å². The second kappa shape index (κ2) is 4.80. The lowest BCUT2D eigenvalue weighted by Gasteiger charge is -2.44. The molecular formula is C15H17FN4O. The molecule has 2 bridgehead atoms. The lowest BCUT2D eigenvalue weighted by Crippen LogP contribution is -2.57. The SMILES string of the molecule is O=C(N[C@H]1CN2CCC1CC2)c1n[nH]c2ccc(F)cc12. The number of nitrogens with one attached hydrogen (secondary N) is 2. The van der Waals surface area contributed by atoms with Crippen LogP contribution in [0.25, 0.3) is 10.9 Å². The molecule has 0 unspecified atom stereocenters. The molecule has 3 fully saturated rings. The number of nitrogens with zero attached hydrogens (tertiary/aromatic N) is 2. The van der Waals surface area contributed by atoms with Crippen molar-refractivity contribution in [2.24, 2.45) is 5.92 Å². The van der Waals surface area contributed by atoms with Crippen LogP contribution >= 0.6 is 0 Å². The number of rotatable bonds is 2. The molecule has 1 aromatic heterocycles. The third kappa shape index (κ3) is 2.19. The fourth-order valence-electron chi connectivity index (χ4n) is 3.52. The monoisotopic (exact) mass is 288 g/mol. The van der Waals surface area contributed by atoms with E-state index in [4.69, 9.17) is 0 Å². The number of aromatic nitrogens is 2. The Kier molecular flexibility index (Phi) is 2.92. The number of benzene rings is 1. The number of hydrogen-bond acceptors (Lipinski definition) is 3. The Morgan fingerprint density at radius 2 is 2.19 bits per heavy atom. The predicted molar refractivity (Wildman–Crippen MR) is 76.5 cm³/mol. The van der Waals surface area contributed by atoms with Gasteiger partial charge in [-0.2, -0.15) is 5.10 Å². The Balaban J connectivity index is 1.57. The summed E-state index contributed by atoms with van der Waals surface area (Å²) in [6, 6.07) is 4.49. The van der Waals surface area contributed by atoms with Gasteiger partial charge in [0.25, 0.3) is 5.91 Å². The van der Waals surface area contributed by atoms with Crippen LogP contribution in [0.5, 0.6) is 0 Å². The quantitative estimate of drug-likeness (QED) is 0.881. The Labute approximate surface area is 121 Å². The molecule has 0 saturated carbocycles. The van der Waals surface area contributed by atoms with Crippen molar-refractivity contribution in [3.63, 3.8) is 0 Å². The summed E-state index contributed by atoms with van der Waals surface area (Å²) in [6.07, 6.45) is 2.28. The highest BCUT2D eigenvalue weighted by Crippen LogP contribution is 2.28. The van der Waals surface area contributed by atoms with E-state index in [1.54, 1.807) is 6.07 Å². The number of amides is 1. The zero-order chi connectivity index (χ0) is 14.4. The first kappa shape index (κ1) is 12.8. The molecule has 21 heavy (non-hydrogen) atoms. The van der Waals surface area contributed by atoms with Crippen LogP contribution in [0.1, 0.15) is 23.3 Å². The highest BCUT2D eigenvalue weighted by atomic mass is 19.1. The maximum Gasteiger partial charge on any atom is 0.272 e. The van der Waals surface area contributed by atoms with Gasteiger partial charge in [-0.1, -0.05) is 0 Å². The van der Waals surface area contributed by atoms with E-state index < -0.39 is 0 Å². The van der Waals surface area contributed by atoms with Crippen LogP contribution in [0.15, 0.2) is 18.2 Å². The first-order valence-electron chi connectivity index (χ1n) is 7.37. The van der Waals surface area contributed by atoms with E-state index in [1.807, 2.05) is 0 Å². The average Bonchev–Trinajstić information content (AvgIpc) is 2.91. The number of H-pyrrole nitrogens is 1. The standard InChI is InChI=1S/C15H17FN4O/c16-10-1-2-12-11(7-10)14(19-18-12)15(21)17-13-8-20-5-3-9(13)4-6-20/h1-2,7,9,13H,3-6,8H2,(H,17,21)(H,18,19)/t13-/m0/s1. The average molecular weight is 288 g/mol. The van der Waals surface area contributed by atoms with Crippen molar-refractivity contribution in [3.05, 3.63) is 29.7 Å². The summed E-state index contributed by atoms with van der Waals surface area (Å²) in [7, 11) is 0.